The lowest BCUT2D eigenvalue weighted by molar-refractivity contribution is -0.175. The highest BCUT2D eigenvalue weighted by Gasteiger charge is 2.49. The summed E-state index contributed by atoms with van der Waals surface area (Å²) in [6.07, 6.45) is 1.25. The molecule has 0 aromatic heterocycles. The van der Waals surface area contributed by atoms with E-state index in [-0.39, 0.29) is 18.3 Å². The van der Waals surface area contributed by atoms with Gasteiger partial charge in [-0.3, -0.25) is 0 Å². The van der Waals surface area contributed by atoms with Crippen molar-refractivity contribution < 1.29 is 23.7 Å². The molecule has 19 heavy (non-hydrogen) atoms. The lowest BCUT2D eigenvalue weighted by Crippen LogP contribution is -2.40. The lowest BCUT2D eigenvalue weighted by atomic mass is 10.1. The van der Waals surface area contributed by atoms with Crippen molar-refractivity contribution in [2.75, 3.05) is 19.8 Å². The standard InChI is InChI=1S/C14H24O5/c1-6-7-15-8-10-12(19-14(4,5)18-10)11-9-16-13(2,3)17-11/h6,10-12H,1,7-9H2,2-5H3/t10-,11+,12+/m0/s1. The summed E-state index contributed by atoms with van der Waals surface area (Å²) in [6, 6.07) is 0. The minimum absolute atomic E-state index is 0.130. The van der Waals surface area contributed by atoms with E-state index in [4.69, 9.17) is 23.7 Å². The highest BCUT2D eigenvalue weighted by Crippen LogP contribution is 2.35. The topological polar surface area (TPSA) is 46.2 Å². The summed E-state index contributed by atoms with van der Waals surface area (Å²) >= 11 is 0. The monoisotopic (exact) mass is 272 g/mol. The molecule has 2 saturated heterocycles. The van der Waals surface area contributed by atoms with E-state index in [2.05, 4.69) is 6.58 Å². The van der Waals surface area contributed by atoms with Gasteiger partial charge >= 0.3 is 0 Å². The second-order valence-corrected chi connectivity index (χ2v) is 5.83. The third-order valence-corrected chi connectivity index (χ3v) is 3.14. The summed E-state index contributed by atoms with van der Waals surface area (Å²) in [5.41, 5.74) is 0. The van der Waals surface area contributed by atoms with E-state index in [1.165, 1.54) is 0 Å². The van der Waals surface area contributed by atoms with Gasteiger partial charge in [0.1, 0.15) is 18.3 Å². The van der Waals surface area contributed by atoms with Gasteiger partial charge < -0.3 is 23.7 Å². The Morgan fingerprint density at radius 1 is 1.16 bits per heavy atom. The van der Waals surface area contributed by atoms with Crippen LogP contribution in [-0.2, 0) is 23.7 Å². The van der Waals surface area contributed by atoms with Gasteiger partial charge in [-0.2, -0.15) is 0 Å². The smallest absolute Gasteiger partial charge is 0.164 e. The average molecular weight is 272 g/mol. The Morgan fingerprint density at radius 3 is 2.47 bits per heavy atom. The van der Waals surface area contributed by atoms with E-state index in [9.17, 15) is 0 Å². The molecule has 0 aromatic carbocycles. The molecular weight excluding hydrogens is 248 g/mol. The molecule has 0 bridgehead atoms. The quantitative estimate of drug-likeness (QED) is 0.564. The SMILES string of the molecule is C=CCOC[C@@H]1OC(C)(C)O[C@H]1[C@H]1COC(C)(C)O1. The predicted molar refractivity (Wildman–Crippen MR) is 69.7 cm³/mol. The van der Waals surface area contributed by atoms with Crippen molar-refractivity contribution in [1.29, 1.82) is 0 Å². The molecule has 2 rings (SSSR count). The third kappa shape index (κ3) is 3.77. The van der Waals surface area contributed by atoms with E-state index in [1.807, 2.05) is 27.7 Å². The van der Waals surface area contributed by atoms with Gasteiger partial charge in [-0.05, 0) is 27.7 Å². The highest BCUT2D eigenvalue weighted by atomic mass is 16.8. The fourth-order valence-electron chi connectivity index (χ4n) is 2.45. The van der Waals surface area contributed by atoms with Crippen LogP contribution in [0.4, 0.5) is 0 Å². The Morgan fingerprint density at radius 2 is 1.89 bits per heavy atom. The van der Waals surface area contributed by atoms with Crippen LogP contribution in [0.25, 0.3) is 0 Å². The molecule has 0 aromatic rings. The van der Waals surface area contributed by atoms with Crippen molar-refractivity contribution in [2.24, 2.45) is 0 Å². The molecule has 2 heterocycles. The fraction of sp³-hybridized carbons (Fsp3) is 0.857. The summed E-state index contributed by atoms with van der Waals surface area (Å²) < 4.78 is 28.7. The fourth-order valence-corrected chi connectivity index (χ4v) is 2.45. The lowest BCUT2D eigenvalue weighted by Gasteiger charge is -2.23. The van der Waals surface area contributed by atoms with Crippen molar-refractivity contribution in [3.05, 3.63) is 12.7 Å². The molecule has 0 spiro atoms. The number of hydrogen-bond donors (Lipinski definition) is 0. The van der Waals surface area contributed by atoms with Crippen LogP contribution in [0.1, 0.15) is 27.7 Å². The predicted octanol–water partition coefficient (Wildman–Crippen LogP) is 1.86. The molecule has 5 nitrogen and oxygen atoms in total. The summed E-state index contributed by atoms with van der Waals surface area (Å²) in [5.74, 6) is -1.18. The maximum atomic E-state index is 5.94. The van der Waals surface area contributed by atoms with Crippen LogP contribution in [0.5, 0.6) is 0 Å². The first kappa shape index (κ1) is 14.9. The average Bonchev–Trinajstić information content (AvgIpc) is 2.79. The van der Waals surface area contributed by atoms with Crippen molar-refractivity contribution in [2.45, 2.75) is 57.6 Å². The molecule has 2 fully saturated rings. The molecule has 0 unspecified atom stereocenters. The molecule has 0 amide bonds. The van der Waals surface area contributed by atoms with Gasteiger partial charge in [0.2, 0.25) is 0 Å². The Balaban J connectivity index is 1.97. The second kappa shape index (κ2) is 5.50. The van der Waals surface area contributed by atoms with Crippen LogP contribution in [0.2, 0.25) is 0 Å². The van der Waals surface area contributed by atoms with Crippen LogP contribution in [0.3, 0.4) is 0 Å². The number of rotatable bonds is 5. The van der Waals surface area contributed by atoms with E-state index in [0.29, 0.717) is 19.8 Å². The molecule has 0 N–H and O–H groups in total. The normalized spacial score (nSPS) is 36.5. The zero-order chi connectivity index (χ0) is 14.1. The molecular formula is C14H24O5. The molecule has 0 aliphatic carbocycles. The highest BCUT2D eigenvalue weighted by molar-refractivity contribution is 4.90. The summed E-state index contributed by atoms with van der Waals surface area (Å²) in [7, 11) is 0. The van der Waals surface area contributed by atoms with Gasteiger partial charge in [0.25, 0.3) is 0 Å². The summed E-state index contributed by atoms with van der Waals surface area (Å²) in [5, 5.41) is 0. The van der Waals surface area contributed by atoms with Gasteiger partial charge in [0, 0.05) is 0 Å². The van der Waals surface area contributed by atoms with Gasteiger partial charge in [-0.1, -0.05) is 6.08 Å². The Bertz CT molecular complexity index is 326. The maximum absolute atomic E-state index is 5.94. The van der Waals surface area contributed by atoms with E-state index in [0.717, 1.165) is 0 Å². The zero-order valence-electron chi connectivity index (χ0n) is 12.2. The van der Waals surface area contributed by atoms with Crippen LogP contribution in [0, 0.1) is 0 Å². The Kier molecular flexibility index (Phi) is 4.32. The first-order chi connectivity index (χ1) is 8.83. The summed E-state index contributed by atoms with van der Waals surface area (Å²) in [4.78, 5) is 0. The second-order valence-electron chi connectivity index (χ2n) is 5.83. The van der Waals surface area contributed by atoms with Crippen LogP contribution < -0.4 is 0 Å². The van der Waals surface area contributed by atoms with Crippen molar-refractivity contribution in [3.63, 3.8) is 0 Å². The molecule has 5 heteroatoms. The Hall–Kier alpha value is -0.460. The summed E-state index contributed by atoms with van der Waals surface area (Å²) in [6.45, 7) is 12.7. The van der Waals surface area contributed by atoms with Crippen molar-refractivity contribution in [1.82, 2.24) is 0 Å². The van der Waals surface area contributed by atoms with Gasteiger partial charge in [0.05, 0.1) is 19.8 Å². The van der Waals surface area contributed by atoms with Crippen LogP contribution >= 0.6 is 0 Å². The van der Waals surface area contributed by atoms with Crippen molar-refractivity contribution >= 4 is 0 Å². The molecule has 2 aliphatic heterocycles. The van der Waals surface area contributed by atoms with Gasteiger partial charge in [-0.15, -0.1) is 6.58 Å². The third-order valence-electron chi connectivity index (χ3n) is 3.14. The molecule has 2 aliphatic rings. The van der Waals surface area contributed by atoms with E-state index < -0.39 is 11.6 Å². The number of ether oxygens (including phenoxy) is 5. The van der Waals surface area contributed by atoms with Gasteiger partial charge in [0.15, 0.2) is 11.6 Å². The molecule has 0 radical (unpaired) electrons. The van der Waals surface area contributed by atoms with Gasteiger partial charge in [-0.25, -0.2) is 0 Å². The maximum Gasteiger partial charge on any atom is 0.164 e. The molecule has 0 saturated carbocycles. The van der Waals surface area contributed by atoms with Crippen molar-refractivity contribution in [3.8, 4) is 0 Å². The minimum Gasteiger partial charge on any atom is -0.375 e. The largest absolute Gasteiger partial charge is 0.375 e. The molecule has 3 atom stereocenters. The first-order valence-electron chi connectivity index (χ1n) is 6.69. The van der Waals surface area contributed by atoms with E-state index in [1.54, 1.807) is 6.08 Å². The van der Waals surface area contributed by atoms with E-state index >= 15 is 0 Å². The Labute approximate surface area is 114 Å². The molecule has 110 valence electrons. The van der Waals surface area contributed by atoms with Crippen LogP contribution in [0.15, 0.2) is 12.7 Å². The van der Waals surface area contributed by atoms with Crippen LogP contribution in [-0.4, -0.2) is 49.7 Å². The zero-order valence-corrected chi connectivity index (χ0v) is 12.2. The minimum atomic E-state index is -0.622. The first-order valence-corrected chi connectivity index (χ1v) is 6.69. The number of hydrogen-bond acceptors (Lipinski definition) is 5.